The second-order valence-corrected chi connectivity index (χ2v) is 6.85. The molecule has 0 aliphatic rings. The lowest BCUT2D eigenvalue weighted by molar-refractivity contribution is 0.193. The summed E-state index contributed by atoms with van der Waals surface area (Å²) in [6.45, 7) is 6.03. The van der Waals surface area contributed by atoms with Crippen molar-refractivity contribution in [2.45, 2.75) is 33.2 Å². The lowest BCUT2D eigenvalue weighted by Gasteiger charge is -2.30. The van der Waals surface area contributed by atoms with Gasteiger partial charge in [-0.3, -0.25) is 4.79 Å². The number of H-pyrrole nitrogens is 1. The van der Waals surface area contributed by atoms with E-state index >= 15 is 0 Å². The Morgan fingerprint density at radius 3 is 2.61 bits per heavy atom. The third kappa shape index (κ3) is 3.76. The molecule has 1 heterocycles. The number of benzene rings is 2. The molecule has 5 nitrogen and oxygen atoms in total. The van der Waals surface area contributed by atoms with Crippen LogP contribution < -0.4 is 10.9 Å². The highest BCUT2D eigenvalue weighted by molar-refractivity contribution is 5.91. The third-order valence-electron chi connectivity index (χ3n) is 4.92. The molecule has 3 rings (SSSR count). The number of urea groups is 1. The molecule has 0 fully saturated rings. The van der Waals surface area contributed by atoms with Crippen molar-refractivity contribution in [1.82, 2.24) is 9.88 Å². The second-order valence-electron chi connectivity index (χ2n) is 6.85. The van der Waals surface area contributed by atoms with Gasteiger partial charge in [0.2, 0.25) is 0 Å². The average molecular weight is 381 g/mol. The Bertz CT molecular complexity index is 1060. The standard InChI is InChI=1S/C22H24FN3O2/c1-4-12-26(22(28)25-19-11-7-8-14(2)20(19)23)15(3)18-13-24-21(27)17-10-6-5-9-16(17)18/h5-11,13,15H,4,12H2,1-3H3,(H,24,27)(H,25,28)/t15-/m1/s1. The van der Waals surface area contributed by atoms with E-state index in [1.807, 2.05) is 32.0 Å². The molecule has 1 aromatic heterocycles. The predicted molar refractivity (Wildman–Crippen MR) is 110 cm³/mol. The first-order chi connectivity index (χ1) is 13.4. The monoisotopic (exact) mass is 381 g/mol. The van der Waals surface area contributed by atoms with E-state index in [0.717, 1.165) is 17.4 Å². The Kier molecular flexibility index (Phi) is 5.78. The summed E-state index contributed by atoms with van der Waals surface area (Å²) in [6, 6.07) is 11.5. The molecule has 0 saturated heterocycles. The molecule has 0 radical (unpaired) electrons. The molecule has 0 aliphatic carbocycles. The number of aryl methyl sites for hydroxylation is 1. The van der Waals surface area contributed by atoms with Crippen molar-refractivity contribution in [1.29, 1.82) is 0 Å². The van der Waals surface area contributed by atoms with Gasteiger partial charge < -0.3 is 15.2 Å². The maximum atomic E-state index is 14.3. The van der Waals surface area contributed by atoms with Gasteiger partial charge in [0.15, 0.2) is 0 Å². The van der Waals surface area contributed by atoms with Crippen molar-refractivity contribution in [2.24, 2.45) is 0 Å². The summed E-state index contributed by atoms with van der Waals surface area (Å²) in [6.07, 6.45) is 2.40. The third-order valence-corrected chi connectivity index (χ3v) is 4.92. The molecule has 2 aromatic carbocycles. The van der Waals surface area contributed by atoms with Crippen LogP contribution in [0.5, 0.6) is 0 Å². The van der Waals surface area contributed by atoms with Crippen molar-refractivity contribution in [3.63, 3.8) is 0 Å². The summed E-state index contributed by atoms with van der Waals surface area (Å²) in [7, 11) is 0. The summed E-state index contributed by atoms with van der Waals surface area (Å²) in [4.78, 5) is 29.5. The number of fused-ring (bicyclic) bond motifs is 1. The quantitative estimate of drug-likeness (QED) is 0.654. The zero-order valence-electron chi connectivity index (χ0n) is 16.3. The van der Waals surface area contributed by atoms with Gasteiger partial charge in [0.25, 0.3) is 5.56 Å². The van der Waals surface area contributed by atoms with E-state index in [2.05, 4.69) is 10.3 Å². The minimum absolute atomic E-state index is 0.157. The smallest absolute Gasteiger partial charge is 0.322 e. The van der Waals surface area contributed by atoms with Gasteiger partial charge in [-0.05, 0) is 48.9 Å². The lowest BCUT2D eigenvalue weighted by Crippen LogP contribution is -2.38. The van der Waals surface area contributed by atoms with Crippen molar-refractivity contribution in [2.75, 3.05) is 11.9 Å². The van der Waals surface area contributed by atoms with Crippen molar-refractivity contribution < 1.29 is 9.18 Å². The van der Waals surface area contributed by atoms with Crippen LogP contribution in [0.25, 0.3) is 10.8 Å². The molecule has 0 aliphatic heterocycles. The number of halogens is 1. The van der Waals surface area contributed by atoms with Crippen LogP contribution in [0.1, 0.15) is 37.4 Å². The van der Waals surface area contributed by atoms with Gasteiger partial charge in [0, 0.05) is 18.1 Å². The Morgan fingerprint density at radius 2 is 1.89 bits per heavy atom. The number of rotatable bonds is 5. The highest BCUT2D eigenvalue weighted by atomic mass is 19.1. The fourth-order valence-electron chi connectivity index (χ4n) is 3.39. The number of anilines is 1. The number of carbonyl (C=O) groups excluding carboxylic acids is 1. The summed E-state index contributed by atoms with van der Waals surface area (Å²) in [5.74, 6) is -0.436. The molecule has 0 saturated carbocycles. The van der Waals surface area contributed by atoms with Gasteiger partial charge in [-0.2, -0.15) is 0 Å². The molecule has 1 atom stereocenters. The maximum Gasteiger partial charge on any atom is 0.322 e. The van der Waals surface area contributed by atoms with Crippen LogP contribution in [0.4, 0.5) is 14.9 Å². The Labute approximate surface area is 163 Å². The van der Waals surface area contributed by atoms with Crippen LogP contribution in [0.2, 0.25) is 0 Å². The number of carbonyl (C=O) groups is 1. The fraction of sp³-hybridized carbons (Fsp3) is 0.273. The normalized spacial score (nSPS) is 12.0. The van der Waals surface area contributed by atoms with Gasteiger partial charge in [-0.25, -0.2) is 9.18 Å². The highest BCUT2D eigenvalue weighted by Gasteiger charge is 2.24. The molecule has 3 aromatic rings. The van der Waals surface area contributed by atoms with Gasteiger partial charge in [-0.1, -0.05) is 37.3 Å². The first kappa shape index (κ1) is 19.6. The zero-order chi connectivity index (χ0) is 20.3. The number of hydrogen-bond donors (Lipinski definition) is 2. The van der Waals surface area contributed by atoms with E-state index in [1.54, 1.807) is 42.3 Å². The molecule has 146 valence electrons. The maximum absolute atomic E-state index is 14.3. The highest BCUT2D eigenvalue weighted by Crippen LogP contribution is 2.27. The number of pyridine rings is 1. The minimum atomic E-state index is -0.436. The average Bonchev–Trinajstić information content (AvgIpc) is 2.69. The van der Waals surface area contributed by atoms with Crippen LogP contribution >= 0.6 is 0 Å². The zero-order valence-corrected chi connectivity index (χ0v) is 16.3. The van der Waals surface area contributed by atoms with Crippen LogP contribution in [0.15, 0.2) is 53.5 Å². The van der Waals surface area contributed by atoms with Gasteiger partial charge in [-0.15, -0.1) is 0 Å². The van der Waals surface area contributed by atoms with E-state index in [-0.39, 0.29) is 23.3 Å². The number of nitrogens with zero attached hydrogens (tertiary/aromatic N) is 1. The van der Waals surface area contributed by atoms with Crippen LogP contribution in [0, 0.1) is 12.7 Å². The van der Waals surface area contributed by atoms with Crippen LogP contribution in [-0.2, 0) is 0 Å². The van der Waals surface area contributed by atoms with Gasteiger partial charge in [0.05, 0.1) is 11.7 Å². The summed E-state index contributed by atoms with van der Waals surface area (Å²) in [5, 5.41) is 4.06. The summed E-state index contributed by atoms with van der Waals surface area (Å²) in [5.41, 5.74) is 1.30. The topological polar surface area (TPSA) is 65.2 Å². The number of nitrogens with one attached hydrogen (secondary N) is 2. The molecular formula is C22H24FN3O2. The molecule has 2 amide bonds. The fourth-order valence-corrected chi connectivity index (χ4v) is 3.39. The Balaban J connectivity index is 1.96. The Morgan fingerprint density at radius 1 is 1.18 bits per heavy atom. The van der Waals surface area contributed by atoms with Crippen LogP contribution in [-0.4, -0.2) is 22.5 Å². The molecule has 0 unspecified atom stereocenters. The summed E-state index contributed by atoms with van der Waals surface area (Å²) >= 11 is 0. The second kappa shape index (κ2) is 8.25. The van der Waals surface area contributed by atoms with E-state index in [4.69, 9.17) is 0 Å². The predicted octanol–water partition coefficient (Wildman–Crippen LogP) is 4.98. The molecule has 28 heavy (non-hydrogen) atoms. The van der Waals surface area contributed by atoms with E-state index in [0.29, 0.717) is 17.5 Å². The number of amides is 2. The van der Waals surface area contributed by atoms with Gasteiger partial charge >= 0.3 is 6.03 Å². The first-order valence-corrected chi connectivity index (χ1v) is 9.37. The van der Waals surface area contributed by atoms with Crippen molar-refractivity contribution >= 4 is 22.5 Å². The van der Waals surface area contributed by atoms with Crippen LogP contribution in [0.3, 0.4) is 0 Å². The minimum Gasteiger partial charge on any atom is -0.328 e. The van der Waals surface area contributed by atoms with E-state index < -0.39 is 5.82 Å². The molecule has 0 spiro atoms. The molecule has 2 N–H and O–H groups in total. The molecule has 0 bridgehead atoms. The van der Waals surface area contributed by atoms with E-state index in [1.165, 1.54) is 0 Å². The number of aromatic amines is 1. The molecular weight excluding hydrogens is 357 g/mol. The van der Waals surface area contributed by atoms with Crippen molar-refractivity contribution in [3.05, 3.63) is 76.0 Å². The Hall–Kier alpha value is -3.15. The summed E-state index contributed by atoms with van der Waals surface area (Å²) < 4.78 is 14.3. The first-order valence-electron chi connectivity index (χ1n) is 9.37. The molecule has 6 heteroatoms. The lowest BCUT2D eigenvalue weighted by atomic mass is 10.0. The van der Waals surface area contributed by atoms with E-state index in [9.17, 15) is 14.0 Å². The van der Waals surface area contributed by atoms with Crippen molar-refractivity contribution in [3.8, 4) is 0 Å². The number of aromatic nitrogens is 1. The largest absolute Gasteiger partial charge is 0.328 e. The number of hydrogen-bond acceptors (Lipinski definition) is 2. The SMILES string of the molecule is CCCN(C(=O)Nc1cccc(C)c1F)[C@H](C)c1c[nH]c(=O)c2ccccc12. The van der Waals surface area contributed by atoms with Gasteiger partial charge in [0.1, 0.15) is 5.82 Å².